The molecular formula is C25H25ClN3O6S+. The van der Waals surface area contributed by atoms with E-state index in [1.807, 2.05) is 20.8 Å². The van der Waals surface area contributed by atoms with Crippen molar-refractivity contribution in [2.24, 2.45) is 0 Å². The Morgan fingerprint density at radius 3 is 2.22 bits per heavy atom. The maximum Gasteiger partial charge on any atom is 0.352 e. The smallest absolute Gasteiger partial charge is 0.352 e. The highest BCUT2D eigenvalue weighted by Crippen LogP contribution is 2.37. The molecule has 1 aliphatic rings. The molecule has 0 bridgehead atoms. The van der Waals surface area contributed by atoms with Crippen LogP contribution in [0.5, 0.6) is 5.75 Å². The number of hydrogen-bond acceptors (Lipinski definition) is 6. The third-order valence-corrected chi connectivity index (χ3v) is 7.62. The van der Waals surface area contributed by atoms with Gasteiger partial charge in [-0.2, -0.15) is 0 Å². The van der Waals surface area contributed by atoms with Gasteiger partial charge in [0.2, 0.25) is 0 Å². The average Bonchev–Trinajstić information content (AvgIpc) is 3.07. The number of nitrogens with one attached hydrogen (secondary N) is 1. The van der Waals surface area contributed by atoms with E-state index in [2.05, 4.69) is 4.72 Å². The lowest BCUT2D eigenvalue weighted by atomic mass is 9.87. The van der Waals surface area contributed by atoms with Crippen molar-refractivity contribution in [3.8, 4) is 5.75 Å². The minimum absolute atomic E-state index is 0.00759. The van der Waals surface area contributed by atoms with Crippen molar-refractivity contribution in [2.75, 3.05) is 16.7 Å². The van der Waals surface area contributed by atoms with Crippen LogP contribution in [-0.4, -0.2) is 32.5 Å². The molecule has 0 saturated heterocycles. The second-order valence-electron chi connectivity index (χ2n) is 9.40. The first-order valence-electron chi connectivity index (χ1n) is 10.9. The quantitative estimate of drug-likeness (QED) is 0.291. The number of fused-ring (bicyclic) bond motifs is 1. The lowest BCUT2D eigenvalue weighted by Gasteiger charge is -2.19. The molecule has 3 aromatic rings. The first-order chi connectivity index (χ1) is 16.8. The van der Waals surface area contributed by atoms with Gasteiger partial charge in [0.25, 0.3) is 10.0 Å². The van der Waals surface area contributed by atoms with Gasteiger partial charge in [-0.15, -0.1) is 4.90 Å². The van der Waals surface area contributed by atoms with Gasteiger partial charge in [0, 0.05) is 11.6 Å². The molecule has 9 nitrogen and oxygen atoms in total. The van der Waals surface area contributed by atoms with Crippen molar-refractivity contribution in [3.63, 3.8) is 0 Å². The van der Waals surface area contributed by atoms with Crippen molar-refractivity contribution >= 4 is 44.9 Å². The predicted molar refractivity (Wildman–Crippen MR) is 134 cm³/mol. The van der Waals surface area contributed by atoms with E-state index in [-0.39, 0.29) is 38.0 Å². The fourth-order valence-corrected chi connectivity index (χ4v) is 5.26. The molecule has 4 rings (SSSR count). The molecule has 188 valence electrons. The zero-order chi connectivity index (χ0) is 26.6. The number of carbonyl (C=O) groups is 2. The number of sulfonamides is 1. The highest BCUT2D eigenvalue weighted by molar-refractivity contribution is 7.92. The van der Waals surface area contributed by atoms with E-state index in [0.29, 0.717) is 16.0 Å². The summed E-state index contributed by atoms with van der Waals surface area (Å²) in [6.07, 6.45) is 1.21. The third-order valence-electron chi connectivity index (χ3n) is 5.92. The summed E-state index contributed by atoms with van der Waals surface area (Å²) in [5.41, 5.74) is 0.864. The van der Waals surface area contributed by atoms with Crippen LogP contribution >= 0.6 is 11.6 Å². The Bertz CT molecular complexity index is 1510. The number of rotatable bonds is 5. The minimum atomic E-state index is -4.10. The van der Waals surface area contributed by atoms with E-state index in [1.165, 1.54) is 43.6 Å². The third kappa shape index (κ3) is 4.27. The first kappa shape index (κ1) is 25.5. The zero-order valence-electron chi connectivity index (χ0n) is 20.3. The topological polar surface area (TPSA) is 117 Å². The maximum atomic E-state index is 13.4. The number of imide groups is 1. The number of methoxy groups -OCH3 is 1. The SMILES string of the molecule is COc1c[n+](O)c(N2C(=O)c3c(Cl)ccc(NS(=O)(=O)c4ccc(C(C)(C)C)cc4)c3C2=O)cc1C. The number of ether oxygens (including phenoxy) is 1. The molecule has 1 aromatic heterocycles. The van der Waals surface area contributed by atoms with Crippen molar-refractivity contribution in [2.45, 2.75) is 38.0 Å². The second kappa shape index (κ2) is 8.79. The summed E-state index contributed by atoms with van der Waals surface area (Å²) in [6.45, 7) is 7.72. The number of aromatic nitrogens is 1. The zero-order valence-corrected chi connectivity index (χ0v) is 21.9. The number of pyridine rings is 1. The number of carbonyl (C=O) groups excluding carboxylic acids is 2. The second-order valence-corrected chi connectivity index (χ2v) is 11.5. The standard InChI is InChI=1S/C25H24ClN3O6S/c1-14-12-20(28(32)13-19(14)35-5)29-23(30)21-17(26)10-11-18(22(21)24(29)31)27-36(33,34)16-8-6-15(7-9-16)25(2,3)4/h6-13H,1-5H3,(H-,27,31,32)/p+1. The van der Waals surface area contributed by atoms with Crippen molar-refractivity contribution in [3.05, 3.63) is 75.9 Å². The lowest BCUT2D eigenvalue weighted by molar-refractivity contribution is -0.894. The van der Waals surface area contributed by atoms with Crippen molar-refractivity contribution in [1.29, 1.82) is 0 Å². The number of anilines is 2. The molecular weight excluding hydrogens is 506 g/mol. The molecule has 2 amide bonds. The minimum Gasteiger partial charge on any atom is -0.493 e. The van der Waals surface area contributed by atoms with Crippen LogP contribution in [0.25, 0.3) is 0 Å². The van der Waals surface area contributed by atoms with Gasteiger partial charge < -0.3 is 9.94 Å². The molecule has 2 aromatic carbocycles. The highest BCUT2D eigenvalue weighted by Gasteiger charge is 2.49. The van der Waals surface area contributed by atoms with Crippen LogP contribution in [-0.2, 0) is 15.4 Å². The molecule has 1 aliphatic heterocycles. The predicted octanol–water partition coefficient (Wildman–Crippen LogP) is 4.08. The number of halogens is 1. The van der Waals surface area contributed by atoms with Crippen LogP contribution in [0.3, 0.4) is 0 Å². The number of nitrogens with zero attached hydrogens (tertiary/aromatic N) is 2. The Labute approximate surface area is 213 Å². The molecule has 0 aliphatic carbocycles. The Kier molecular flexibility index (Phi) is 6.22. The van der Waals surface area contributed by atoms with Crippen LogP contribution < -0.4 is 19.1 Å². The van der Waals surface area contributed by atoms with Crippen LogP contribution in [0.4, 0.5) is 11.5 Å². The summed E-state index contributed by atoms with van der Waals surface area (Å²) in [4.78, 5) is 27.4. The summed E-state index contributed by atoms with van der Waals surface area (Å²) < 4.78 is 34.4. The van der Waals surface area contributed by atoms with E-state index < -0.39 is 21.8 Å². The molecule has 11 heteroatoms. The van der Waals surface area contributed by atoms with Gasteiger partial charge in [-0.1, -0.05) is 44.5 Å². The number of aryl methyl sites for hydroxylation is 1. The van der Waals surface area contributed by atoms with Gasteiger partial charge in [-0.25, -0.2) is 18.0 Å². The van der Waals surface area contributed by atoms with E-state index >= 15 is 0 Å². The number of amides is 2. The highest BCUT2D eigenvalue weighted by atomic mass is 35.5. The Morgan fingerprint density at radius 1 is 1.03 bits per heavy atom. The van der Waals surface area contributed by atoms with Crippen molar-refractivity contribution in [1.82, 2.24) is 0 Å². The molecule has 0 saturated carbocycles. The normalized spacial score (nSPS) is 13.7. The summed E-state index contributed by atoms with van der Waals surface area (Å²) >= 11 is 6.26. The van der Waals surface area contributed by atoms with Gasteiger partial charge in [0.15, 0.2) is 11.9 Å². The van der Waals surface area contributed by atoms with Crippen LogP contribution in [0.15, 0.2) is 53.6 Å². The van der Waals surface area contributed by atoms with E-state index in [9.17, 15) is 23.2 Å². The van der Waals surface area contributed by atoms with Crippen molar-refractivity contribution < 1.29 is 32.7 Å². The van der Waals surface area contributed by atoms with Gasteiger partial charge in [0.05, 0.1) is 22.7 Å². The molecule has 0 fully saturated rings. The summed E-state index contributed by atoms with van der Waals surface area (Å²) in [5, 5.41) is 10.4. The van der Waals surface area contributed by atoms with Gasteiger partial charge in [-0.3, -0.25) is 4.72 Å². The van der Waals surface area contributed by atoms with Gasteiger partial charge in [-0.05, 0) is 46.9 Å². The fraction of sp³-hybridized carbons (Fsp3) is 0.240. The van der Waals surface area contributed by atoms with Crippen LogP contribution in [0, 0.1) is 6.92 Å². The molecule has 0 unspecified atom stereocenters. The van der Waals surface area contributed by atoms with Crippen LogP contribution in [0.1, 0.15) is 52.6 Å². The van der Waals surface area contributed by atoms with E-state index in [1.54, 1.807) is 19.1 Å². The van der Waals surface area contributed by atoms with E-state index in [0.717, 1.165) is 10.5 Å². The maximum absolute atomic E-state index is 13.4. The average molecular weight is 531 g/mol. The largest absolute Gasteiger partial charge is 0.493 e. The van der Waals surface area contributed by atoms with E-state index in [4.69, 9.17) is 16.3 Å². The Morgan fingerprint density at radius 2 is 1.64 bits per heavy atom. The number of benzene rings is 2. The van der Waals surface area contributed by atoms with Gasteiger partial charge >= 0.3 is 17.6 Å². The monoisotopic (exact) mass is 530 g/mol. The molecule has 36 heavy (non-hydrogen) atoms. The summed E-state index contributed by atoms with van der Waals surface area (Å²) in [6, 6.07) is 10.5. The van der Waals surface area contributed by atoms with Crippen LogP contribution in [0.2, 0.25) is 5.02 Å². The number of hydrogen-bond donors (Lipinski definition) is 2. The first-order valence-corrected chi connectivity index (χ1v) is 12.8. The Hall–Kier alpha value is -3.63. The molecule has 2 heterocycles. The summed E-state index contributed by atoms with van der Waals surface area (Å²) in [7, 11) is -2.69. The summed E-state index contributed by atoms with van der Waals surface area (Å²) in [5.74, 6) is -1.46. The fourth-order valence-electron chi connectivity index (χ4n) is 3.95. The molecule has 0 spiro atoms. The molecule has 0 atom stereocenters. The molecule has 0 radical (unpaired) electrons. The van der Waals surface area contributed by atoms with Gasteiger partial charge in [0.1, 0.15) is 11.1 Å². The molecule has 2 N–H and O–H groups in total. The lowest BCUT2D eigenvalue weighted by Crippen LogP contribution is -2.43. The Balaban J connectivity index is 1.76.